The first-order valence-electron chi connectivity index (χ1n) is 11.4. The molecule has 0 aliphatic carbocycles. The molecule has 2 heterocycles. The van der Waals surface area contributed by atoms with Crippen molar-refractivity contribution in [3.63, 3.8) is 0 Å². The van der Waals surface area contributed by atoms with Gasteiger partial charge in [0.05, 0.1) is 11.2 Å². The molecule has 3 aromatic rings. The standard InChI is InChI=1S/C26H28B2N2O3/c1-17(31)18-12-14-19(15-13-18)21(16-27-32-25(2,3)26(4,5)33-27)28-29-22-10-6-8-20-9-7-11-23(30-28)24(20)22/h6-16,29-30H,1-5H3/b21-16-. The molecule has 2 aliphatic rings. The summed E-state index contributed by atoms with van der Waals surface area (Å²) in [5.41, 5.74) is 3.97. The van der Waals surface area contributed by atoms with Crippen LogP contribution in [0.25, 0.3) is 16.2 Å². The summed E-state index contributed by atoms with van der Waals surface area (Å²) < 4.78 is 12.6. The minimum atomic E-state index is -0.492. The average molecular weight is 438 g/mol. The number of ketones is 1. The molecule has 0 spiro atoms. The van der Waals surface area contributed by atoms with Gasteiger partial charge in [0, 0.05) is 22.3 Å². The van der Waals surface area contributed by atoms with E-state index >= 15 is 0 Å². The van der Waals surface area contributed by atoms with Gasteiger partial charge < -0.3 is 19.8 Å². The van der Waals surface area contributed by atoms with Crippen LogP contribution in [0, 0.1) is 0 Å². The third-order valence-corrected chi connectivity index (χ3v) is 7.03. The first kappa shape index (κ1) is 21.8. The Morgan fingerprint density at radius 3 is 1.85 bits per heavy atom. The van der Waals surface area contributed by atoms with E-state index in [1.807, 2.05) is 30.2 Å². The predicted molar refractivity (Wildman–Crippen MR) is 137 cm³/mol. The summed E-state index contributed by atoms with van der Waals surface area (Å²) >= 11 is 0. The fraction of sp³-hybridized carbons (Fsp3) is 0.269. The van der Waals surface area contributed by atoms with E-state index in [2.05, 4.69) is 74.5 Å². The topological polar surface area (TPSA) is 59.6 Å². The number of hydrogen-bond donors (Lipinski definition) is 2. The number of hydrogen-bond acceptors (Lipinski definition) is 5. The molecule has 0 amide bonds. The summed E-state index contributed by atoms with van der Waals surface area (Å²) in [6, 6.07) is 20.3. The van der Waals surface area contributed by atoms with Crippen LogP contribution in [0.2, 0.25) is 0 Å². The summed E-state index contributed by atoms with van der Waals surface area (Å²) in [4.78, 5) is 11.8. The molecule has 2 N–H and O–H groups in total. The van der Waals surface area contributed by atoms with Gasteiger partial charge in [-0.2, -0.15) is 0 Å². The first-order valence-corrected chi connectivity index (χ1v) is 11.4. The zero-order valence-electron chi connectivity index (χ0n) is 19.7. The lowest BCUT2D eigenvalue weighted by Gasteiger charge is -2.32. The lowest BCUT2D eigenvalue weighted by molar-refractivity contribution is 0.00578. The van der Waals surface area contributed by atoms with E-state index in [0.29, 0.717) is 5.56 Å². The Hall–Kier alpha value is -3.02. The molecule has 5 nitrogen and oxygen atoms in total. The first-order chi connectivity index (χ1) is 15.6. The second-order valence-electron chi connectivity index (χ2n) is 9.81. The van der Waals surface area contributed by atoms with Gasteiger partial charge in [0.2, 0.25) is 0 Å². The van der Waals surface area contributed by atoms with Gasteiger partial charge in [-0.15, -0.1) is 0 Å². The molecule has 33 heavy (non-hydrogen) atoms. The summed E-state index contributed by atoms with van der Waals surface area (Å²) in [5, 5.41) is 9.68. The van der Waals surface area contributed by atoms with Crippen molar-refractivity contribution in [1.82, 2.24) is 0 Å². The molecule has 5 rings (SSSR count). The van der Waals surface area contributed by atoms with Crippen LogP contribution >= 0.6 is 0 Å². The van der Waals surface area contributed by atoms with Gasteiger partial charge in [0.1, 0.15) is 0 Å². The van der Waals surface area contributed by atoms with Crippen molar-refractivity contribution >= 4 is 47.5 Å². The SMILES string of the molecule is CC(=O)c1ccc(/C(=C/B2OC(C)(C)C(C)(C)O2)B2Nc3cccc4cccc(c34)N2)cc1. The monoisotopic (exact) mass is 438 g/mol. The van der Waals surface area contributed by atoms with E-state index in [9.17, 15) is 4.79 Å². The van der Waals surface area contributed by atoms with E-state index in [0.717, 1.165) is 22.4 Å². The molecule has 1 saturated heterocycles. The third kappa shape index (κ3) is 3.85. The molecular formula is C26H28B2N2O3. The molecule has 3 aromatic carbocycles. The molecule has 0 saturated carbocycles. The molecule has 0 radical (unpaired) electrons. The number of carbonyl (C=O) groups excluding carboxylic acids is 1. The van der Waals surface area contributed by atoms with E-state index < -0.39 is 18.3 Å². The van der Waals surface area contributed by atoms with Crippen LogP contribution < -0.4 is 10.5 Å². The van der Waals surface area contributed by atoms with E-state index in [1.165, 1.54) is 10.8 Å². The van der Waals surface area contributed by atoms with E-state index in [4.69, 9.17) is 9.31 Å². The minimum absolute atomic E-state index is 0.0487. The molecule has 7 heteroatoms. The van der Waals surface area contributed by atoms with Crippen LogP contribution in [0.5, 0.6) is 0 Å². The van der Waals surface area contributed by atoms with Crippen LogP contribution in [-0.2, 0) is 9.31 Å². The second kappa shape index (κ2) is 7.79. The van der Waals surface area contributed by atoms with Crippen LogP contribution in [0.4, 0.5) is 11.4 Å². The lowest BCUT2D eigenvalue weighted by atomic mass is 9.59. The van der Waals surface area contributed by atoms with Gasteiger partial charge in [-0.3, -0.25) is 4.79 Å². The van der Waals surface area contributed by atoms with Crippen molar-refractivity contribution in [1.29, 1.82) is 0 Å². The predicted octanol–water partition coefficient (Wildman–Crippen LogP) is 5.62. The Labute approximate surface area is 195 Å². The highest BCUT2D eigenvalue weighted by atomic mass is 16.7. The zero-order valence-corrected chi connectivity index (χ0v) is 19.7. The molecule has 0 unspecified atom stereocenters. The number of benzene rings is 3. The molecule has 0 aromatic heterocycles. The Morgan fingerprint density at radius 2 is 1.33 bits per heavy atom. The maximum Gasteiger partial charge on any atom is 0.486 e. The Balaban J connectivity index is 1.57. The Morgan fingerprint density at radius 1 is 0.818 bits per heavy atom. The highest BCUT2D eigenvalue weighted by molar-refractivity contribution is 6.86. The van der Waals surface area contributed by atoms with Gasteiger partial charge in [-0.25, -0.2) is 0 Å². The fourth-order valence-electron chi connectivity index (χ4n) is 4.44. The van der Waals surface area contributed by atoms with Crippen LogP contribution in [0.3, 0.4) is 0 Å². The highest BCUT2D eigenvalue weighted by Crippen LogP contribution is 2.39. The number of rotatable bonds is 4. The van der Waals surface area contributed by atoms with Crippen molar-refractivity contribution in [3.05, 3.63) is 77.8 Å². The molecule has 2 aliphatic heterocycles. The van der Waals surface area contributed by atoms with Crippen molar-refractivity contribution in [2.75, 3.05) is 10.5 Å². The largest absolute Gasteiger partial charge is 0.486 e. The quantitative estimate of drug-likeness (QED) is 0.409. The van der Waals surface area contributed by atoms with Crippen LogP contribution in [0.1, 0.15) is 50.5 Å². The Kier molecular flexibility index (Phi) is 5.15. The van der Waals surface area contributed by atoms with Crippen LogP contribution in [-0.4, -0.2) is 31.1 Å². The van der Waals surface area contributed by atoms with Gasteiger partial charge in [0.15, 0.2) is 5.78 Å². The molecule has 1 fully saturated rings. The maximum absolute atomic E-state index is 11.8. The summed E-state index contributed by atoms with van der Waals surface area (Å²) in [5.74, 6) is 2.09. The van der Waals surface area contributed by atoms with Gasteiger partial charge in [-0.05, 0) is 63.2 Å². The van der Waals surface area contributed by atoms with Crippen molar-refractivity contribution < 1.29 is 14.1 Å². The fourth-order valence-corrected chi connectivity index (χ4v) is 4.44. The summed E-state index contributed by atoms with van der Waals surface area (Å²) in [6.45, 7) is 9.59. The number of anilines is 2. The normalized spacial score (nSPS) is 18.8. The Bertz CT molecular complexity index is 1210. The summed E-state index contributed by atoms with van der Waals surface area (Å²) in [7, 11) is -0.492. The van der Waals surface area contributed by atoms with Gasteiger partial charge >= 0.3 is 14.1 Å². The van der Waals surface area contributed by atoms with Crippen molar-refractivity contribution in [2.45, 2.75) is 45.8 Å². The molecule has 166 valence electrons. The van der Waals surface area contributed by atoms with E-state index in [1.54, 1.807) is 6.92 Å². The van der Waals surface area contributed by atoms with Crippen molar-refractivity contribution in [3.8, 4) is 0 Å². The third-order valence-electron chi connectivity index (χ3n) is 7.03. The smallest absolute Gasteiger partial charge is 0.405 e. The van der Waals surface area contributed by atoms with Gasteiger partial charge in [-0.1, -0.05) is 54.5 Å². The molecule has 0 atom stereocenters. The average Bonchev–Trinajstić information content (AvgIpc) is 2.98. The maximum atomic E-state index is 11.8. The van der Waals surface area contributed by atoms with E-state index in [-0.39, 0.29) is 12.8 Å². The lowest BCUT2D eigenvalue weighted by Crippen LogP contribution is -2.41. The minimum Gasteiger partial charge on any atom is -0.405 e. The number of Topliss-reactive ketones (excluding diaryl/α,β-unsaturated/α-hetero) is 1. The van der Waals surface area contributed by atoms with Gasteiger partial charge in [0.25, 0.3) is 0 Å². The number of carbonyl (C=O) groups is 1. The van der Waals surface area contributed by atoms with Crippen molar-refractivity contribution in [2.24, 2.45) is 0 Å². The zero-order chi connectivity index (χ0) is 23.4. The highest BCUT2D eigenvalue weighted by Gasteiger charge is 2.50. The molecule has 0 bridgehead atoms. The molecular weight excluding hydrogens is 410 g/mol. The second-order valence-corrected chi connectivity index (χ2v) is 9.81. The van der Waals surface area contributed by atoms with Crippen LogP contribution in [0.15, 0.2) is 66.6 Å². The summed E-state index contributed by atoms with van der Waals surface area (Å²) in [6.07, 6.45) is 0. The number of nitrogens with one attached hydrogen (secondary N) is 2.